The molecule has 1 saturated heterocycles. The maximum Gasteiger partial charge on any atom is 0.262 e. The number of carbonyl (C=O) groups excluding carboxylic acids is 2. The Labute approximate surface area is 118 Å². The van der Waals surface area contributed by atoms with Crippen LogP contribution in [0.15, 0.2) is 24.3 Å². The van der Waals surface area contributed by atoms with Gasteiger partial charge in [0.2, 0.25) is 0 Å². The van der Waals surface area contributed by atoms with E-state index < -0.39 is 0 Å². The van der Waals surface area contributed by atoms with Crippen molar-refractivity contribution in [1.29, 1.82) is 0 Å². The Bertz CT molecular complexity index is 513. The predicted molar refractivity (Wildman–Crippen MR) is 73.4 cm³/mol. The van der Waals surface area contributed by atoms with E-state index in [9.17, 15) is 9.59 Å². The summed E-state index contributed by atoms with van der Waals surface area (Å²) in [6.45, 7) is 5.82. The molecule has 2 atom stereocenters. The van der Waals surface area contributed by atoms with Crippen molar-refractivity contribution < 1.29 is 14.3 Å². The van der Waals surface area contributed by atoms with E-state index in [0.29, 0.717) is 17.8 Å². The molecular formula is C15H18N2O3. The third-order valence-corrected chi connectivity index (χ3v) is 3.71. The first-order valence-corrected chi connectivity index (χ1v) is 6.89. The average molecular weight is 274 g/mol. The number of carbonyl (C=O) groups is 2. The molecule has 20 heavy (non-hydrogen) atoms. The molecule has 2 aliphatic heterocycles. The minimum Gasteiger partial charge on any atom is -0.373 e. The van der Waals surface area contributed by atoms with Crippen LogP contribution in [0.4, 0.5) is 0 Å². The molecule has 0 radical (unpaired) electrons. The fourth-order valence-corrected chi connectivity index (χ4v) is 2.97. The van der Waals surface area contributed by atoms with Crippen LogP contribution < -0.4 is 0 Å². The first-order chi connectivity index (χ1) is 9.56. The van der Waals surface area contributed by atoms with E-state index in [1.807, 2.05) is 13.8 Å². The van der Waals surface area contributed by atoms with E-state index >= 15 is 0 Å². The largest absolute Gasteiger partial charge is 0.373 e. The molecule has 1 fully saturated rings. The van der Waals surface area contributed by atoms with Crippen LogP contribution in [0, 0.1) is 0 Å². The lowest BCUT2D eigenvalue weighted by atomic mass is 10.1. The summed E-state index contributed by atoms with van der Waals surface area (Å²) in [5.41, 5.74) is 1.01. The monoisotopic (exact) mass is 274 g/mol. The van der Waals surface area contributed by atoms with Crippen LogP contribution in [0.1, 0.15) is 34.6 Å². The van der Waals surface area contributed by atoms with Gasteiger partial charge in [0.1, 0.15) is 0 Å². The molecule has 0 saturated carbocycles. The van der Waals surface area contributed by atoms with Gasteiger partial charge in [0, 0.05) is 13.1 Å². The smallest absolute Gasteiger partial charge is 0.262 e. The molecule has 0 bridgehead atoms. The number of morpholine rings is 1. The van der Waals surface area contributed by atoms with Crippen molar-refractivity contribution in [3.05, 3.63) is 35.4 Å². The average Bonchev–Trinajstić information content (AvgIpc) is 2.64. The van der Waals surface area contributed by atoms with E-state index in [2.05, 4.69) is 4.90 Å². The summed E-state index contributed by atoms with van der Waals surface area (Å²) in [7, 11) is 0. The van der Waals surface area contributed by atoms with Crippen LogP contribution in [0.2, 0.25) is 0 Å². The molecule has 0 aliphatic carbocycles. The van der Waals surface area contributed by atoms with Gasteiger partial charge in [-0.3, -0.25) is 19.4 Å². The Morgan fingerprint density at radius 3 is 2.05 bits per heavy atom. The van der Waals surface area contributed by atoms with Gasteiger partial charge < -0.3 is 4.74 Å². The molecule has 3 rings (SSSR count). The highest BCUT2D eigenvalue weighted by atomic mass is 16.5. The van der Waals surface area contributed by atoms with Crippen molar-refractivity contribution in [2.45, 2.75) is 26.1 Å². The van der Waals surface area contributed by atoms with Crippen LogP contribution in [-0.2, 0) is 4.74 Å². The normalized spacial score (nSPS) is 27.0. The second-order valence-electron chi connectivity index (χ2n) is 5.52. The third-order valence-electron chi connectivity index (χ3n) is 3.71. The van der Waals surface area contributed by atoms with Crippen LogP contribution in [0.25, 0.3) is 0 Å². The van der Waals surface area contributed by atoms with Gasteiger partial charge in [-0.2, -0.15) is 0 Å². The number of imide groups is 1. The molecule has 5 heteroatoms. The second-order valence-corrected chi connectivity index (χ2v) is 5.52. The van der Waals surface area contributed by atoms with Gasteiger partial charge in [-0.05, 0) is 26.0 Å². The Kier molecular flexibility index (Phi) is 3.31. The zero-order valence-electron chi connectivity index (χ0n) is 11.7. The van der Waals surface area contributed by atoms with Crippen LogP contribution in [0.3, 0.4) is 0 Å². The molecule has 5 nitrogen and oxygen atoms in total. The van der Waals surface area contributed by atoms with Crippen LogP contribution >= 0.6 is 0 Å². The number of nitrogens with zero attached hydrogens (tertiary/aromatic N) is 2. The highest BCUT2D eigenvalue weighted by molar-refractivity contribution is 6.21. The number of hydrogen-bond donors (Lipinski definition) is 0. The third kappa shape index (κ3) is 2.23. The lowest BCUT2D eigenvalue weighted by Crippen LogP contribution is -2.50. The summed E-state index contributed by atoms with van der Waals surface area (Å²) in [5, 5.41) is 0. The maximum absolute atomic E-state index is 12.3. The van der Waals surface area contributed by atoms with Crippen molar-refractivity contribution in [2.75, 3.05) is 19.8 Å². The highest BCUT2D eigenvalue weighted by Crippen LogP contribution is 2.23. The standard InChI is InChI=1S/C15H18N2O3/c1-10-7-16(8-11(2)20-10)9-17-14(18)12-5-3-4-6-13(12)15(17)19/h3-6,10-11H,7-9H2,1-2H3/t10-,11+. The van der Waals surface area contributed by atoms with Gasteiger partial charge >= 0.3 is 0 Å². The molecule has 1 aromatic rings. The van der Waals surface area contributed by atoms with Gasteiger partial charge in [-0.1, -0.05) is 12.1 Å². The fraction of sp³-hybridized carbons (Fsp3) is 0.467. The molecule has 2 amide bonds. The zero-order valence-corrected chi connectivity index (χ0v) is 11.7. The van der Waals surface area contributed by atoms with E-state index in [0.717, 1.165) is 13.1 Å². The molecule has 0 unspecified atom stereocenters. The highest BCUT2D eigenvalue weighted by Gasteiger charge is 2.37. The number of benzene rings is 1. The number of fused-ring (bicyclic) bond motifs is 1. The first-order valence-electron chi connectivity index (χ1n) is 6.89. The van der Waals surface area contributed by atoms with E-state index in [4.69, 9.17) is 4.74 Å². The molecule has 2 aliphatic rings. The summed E-state index contributed by atoms with van der Waals surface area (Å²) in [6, 6.07) is 6.99. The van der Waals surface area contributed by atoms with Crippen molar-refractivity contribution in [1.82, 2.24) is 9.80 Å². The first kappa shape index (κ1) is 13.3. The van der Waals surface area contributed by atoms with Gasteiger partial charge in [0.15, 0.2) is 0 Å². The van der Waals surface area contributed by atoms with E-state index in [-0.39, 0.29) is 24.0 Å². The molecule has 0 aromatic heterocycles. The van der Waals surface area contributed by atoms with Crippen LogP contribution in [0.5, 0.6) is 0 Å². The minimum atomic E-state index is -0.197. The van der Waals surface area contributed by atoms with Crippen LogP contribution in [-0.4, -0.2) is 53.6 Å². The van der Waals surface area contributed by atoms with Gasteiger partial charge in [-0.15, -0.1) is 0 Å². The van der Waals surface area contributed by atoms with Gasteiger partial charge in [0.05, 0.1) is 30.0 Å². The Morgan fingerprint density at radius 1 is 1.05 bits per heavy atom. The Balaban J connectivity index is 1.76. The van der Waals surface area contributed by atoms with E-state index in [1.54, 1.807) is 24.3 Å². The number of hydrogen-bond acceptors (Lipinski definition) is 4. The molecule has 0 N–H and O–H groups in total. The van der Waals surface area contributed by atoms with Gasteiger partial charge in [0.25, 0.3) is 11.8 Å². The molecule has 2 heterocycles. The second kappa shape index (κ2) is 5.00. The van der Waals surface area contributed by atoms with Crippen molar-refractivity contribution >= 4 is 11.8 Å². The fourth-order valence-electron chi connectivity index (χ4n) is 2.97. The molecule has 1 aromatic carbocycles. The van der Waals surface area contributed by atoms with Crippen molar-refractivity contribution in [2.24, 2.45) is 0 Å². The lowest BCUT2D eigenvalue weighted by Gasteiger charge is -2.36. The Morgan fingerprint density at radius 2 is 1.55 bits per heavy atom. The minimum absolute atomic E-state index is 0.119. The quantitative estimate of drug-likeness (QED) is 0.764. The Hall–Kier alpha value is -1.72. The van der Waals surface area contributed by atoms with Gasteiger partial charge in [-0.25, -0.2) is 0 Å². The van der Waals surface area contributed by atoms with Crippen molar-refractivity contribution in [3.63, 3.8) is 0 Å². The summed E-state index contributed by atoms with van der Waals surface area (Å²) >= 11 is 0. The van der Waals surface area contributed by atoms with E-state index in [1.165, 1.54) is 4.90 Å². The number of rotatable bonds is 2. The molecule has 0 spiro atoms. The maximum atomic E-state index is 12.3. The number of ether oxygens (including phenoxy) is 1. The summed E-state index contributed by atoms with van der Waals surface area (Å²) < 4.78 is 5.67. The summed E-state index contributed by atoms with van der Waals surface area (Å²) in [5.74, 6) is -0.394. The lowest BCUT2D eigenvalue weighted by molar-refractivity contribution is -0.0759. The summed E-state index contributed by atoms with van der Waals surface area (Å²) in [4.78, 5) is 28.0. The summed E-state index contributed by atoms with van der Waals surface area (Å²) in [6.07, 6.45) is 0.239. The predicted octanol–water partition coefficient (Wildman–Crippen LogP) is 1.35. The molecular weight excluding hydrogens is 256 g/mol. The molecule has 106 valence electrons. The van der Waals surface area contributed by atoms with Crippen molar-refractivity contribution in [3.8, 4) is 0 Å². The SMILES string of the molecule is C[C@@H]1CN(CN2C(=O)c3ccccc3C2=O)C[C@H](C)O1. The topological polar surface area (TPSA) is 49.9 Å². The number of amides is 2. The zero-order chi connectivity index (χ0) is 14.3.